The molecular weight excluding hydrogens is 260 g/mol. The highest BCUT2D eigenvalue weighted by Gasteiger charge is 2.17. The van der Waals surface area contributed by atoms with Crippen LogP contribution in [0.15, 0.2) is 29.2 Å². The molecule has 0 bridgehead atoms. The Balaban J connectivity index is 2.72. The van der Waals surface area contributed by atoms with Crippen LogP contribution in [0.1, 0.15) is 24.2 Å². The quantitative estimate of drug-likeness (QED) is 0.611. The minimum Gasteiger partial charge on any atom is -0.369 e. The minimum absolute atomic E-state index is 0.00241. The first-order chi connectivity index (χ1) is 8.93. The summed E-state index contributed by atoms with van der Waals surface area (Å²) in [6.07, 6.45) is 1.99. The number of ketones is 1. The fourth-order valence-electron chi connectivity index (χ4n) is 1.67. The highest BCUT2D eigenvalue weighted by molar-refractivity contribution is 7.98. The van der Waals surface area contributed by atoms with Crippen LogP contribution in [0.4, 0.5) is 0 Å². The predicted octanol–water partition coefficient (Wildman–Crippen LogP) is 1.79. The van der Waals surface area contributed by atoms with E-state index >= 15 is 0 Å². The standard InChI is InChI=1S/C14H20N2O2S/c1-10(2)16(9-14(15)18)8-13(17)11-4-6-12(19-3)7-5-11/h4-7,10H,8-9H2,1-3H3,(H2,15,18). The molecule has 1 aromatic carbocycles. The van der Waals surface area contributed by atoms with Crippen LogP contribution in [0, 0.1) is 0 Å². The monoisotopic (exact) mass is 280 g/mol. The molecule has 19 heavy (non-hydrogen) atoms. The van der Waals surface area contributed by atoms with Gasteiger partial charge in [-0.15, -0.1) is 11.8 Å². The lowest BCUT2D eigenvalue weighted by Gasteiger charge is -2.24. The van der Waals surface area contributed by atoms with E-state index in [9.17, 15) is 9.59 Å². The smallest absolute Gasteiger partial charge is 0.231 e. The van der Waals surface area contributed by atoms with Crippen molar-refractivity contribution in [3.63, 3.8) is 0 Å². The SMILES string of the molecule is CSc1ccc(C(=O)CN(CC(N)=O)C(C)C)cc1. The summed E-state index contributed by atoms with van der Waals surface area (Å²) in [6, 6.07) is 7.58. The second-order valence-corrected chi connectivity index (χ2v) is 5.50. The fourth-order valence-corrected chi connectivity index (χ4v) is 2.08. The maximum Gasteiger partial charge on any atom is 0.231 e. The number of Topliss-reactive ketones (excluding diaryl/α,β-unsaturated/α-hetero) is 1. The molecule has 104 valence electrons. The van der Waals surface area contributed by atoms with Gasteiger partial charge in [0.15, 0.2) is 5.78 Å². The van der Waals surface area contributed by atoms with E-state index in [4.69, 9.17) is 5.73 Å². The first-order valence-corrected chi connectivity index (χ1v) is 7.36. The maximum atomic E-state index is 12.1. The molecule has 0 aliphatic carbocycles. The maximum absolute atomic E-state index is 12.1. The summed E-state index contributed by atoms with van der Waals surface area (Å²) < 4.78 is 0. The van der Waals surface area contributed by atoms with Gasteiger partial charge in [-0.2, -0.15) is 0 Å². The summed E-state index contributed by atoms with van der Waals surface area (Å²) in [5.41, 5.74) is 5.85. The van der Waals surface area contributed by atoms with E-state index in [2.05, 4.69) is 0 Å². The van der Waals surface area contributed by atoms with Gasteiger partial charge in [0, 0.05) is 16.5 Å². The number of amides is 1. The summed E-state index contributed by atoms with van der Waals surface area (Å²) in [7, 11) is 0. The van der Waals surface area contributed by atoms with E-state index in [1.54, 1.807) is 16.7 Å². The van der Waals surface area contributed by atoms with Crippen molar-refractivity contribution in [1.82, 2.24) is 4.90 Å². The molecule has 0 saturated heterocycles. The Hall–Kier alpha value is -1.33. The second-order valence-electron chi connectivity index (χ2n) is 4.62. The van der Waals surface area contributed by atoms with E-state index in [0.29, 0.717) is 5.56 Å². The molecule has 0 fully saturated rings. The normalized spacial score (nSPS) is 11.0. The molecule has 0 saturated carbocycles. The molecule has 1 aromatic rings. The van der Waals surface area contributed by atoms with Crippen LogP contribution in [0.5, 0.6) is 0 Å². The minimum atomic E-state index is -0.417. The van der Waals surface area contributed by atoms with Gasteiger partial charge < -0.3 is 5.73 Å². The highest BCUT2D eigenvalue weighted by Crippen LogP contribution is 2.15. The molecular formula is C14H20N2O2S. The number of nitrogens with two attached hydrogens (primary N) is 1. The van der Waals surface area contributed by atoms with Crippen molar-refractivity contribution in [2.45, 2.75) is 24.8 Å². The van der Waals surface area contributed by atoms with Crippen LogP contribution in [0.25, 0.3) is 0 Å². The Morgan fingerprint density at radius 1 is 1.21 bits per heavy atom. The number of hydrogen-bond donors (Lipinski definition) is 1. The van der Waals surface area contributed by atoms with Crippen molar-refractivity contribution in [1.29, 1.82) is 0 Å². The Kier molecular flexibility index (Phi) is 6.05. The molecule has 0 unspecified atom stereocenters. The van der Waals surface area contributed by atoms with Gasteiger partial charge in [-0.3, -0.25) is 14.5 Å². The summed E-state index contributed by atoms with van der Waals surface area (Å²) >= 11 is 1.63. The Morgan fingerprint density at radius 2 is 1.79 bits per heavy atom. The zero-order valence-electron chi connectivity index (χ0n) is 11.6. The summed E-state index contributed by atoms with van der Waals surface area (Å²) in [5.74, 6) is -0.415. The Labute approximate surface area is 118 Å². The third-order valence-corrected chi connectivity index (χ3v) is 3.59. The first kappa shape index (κ1) is 15.7. The van der Waals surface area contributed by atoms with Crippen molar-refractivity contribution >= 4 is 23.5 Å². The van der Waals surface area contributed by atoms with Crippen LogP contribution < -0.4 is 5.73 Å². The number of hydrogen-bond acceptors (Lipinski definition) is 4. The van der Waals surface area contributed by atoms with Crippen molar-refractivity contribution in [3.05, 3.63) is 29.8 Å². The van der Waals surface area contributed by atoms with Crippen LogP contribution in [0.3, 0.4) is 0 Å². The van der Waals surface area contributed by atoms with E-state index < -0.39 is 5.91 Å². The number of thioether (sulfide) groups is 1. The van der Waals surface area contributed by atoms with E-state index in [1.807, 2.05) is 44.4 Å². The summed E-state index contributed by atoms with van der Waals surface area (Å²) in [4.78, 5) is 26.0. The van der Waals surface area contributed by atoms with Crippen LogP contribution >= 0.6 is 11.8 Å². The molecule has 0 aromatic heterocycles. The number of carbonyl (C=O) groups is 2. The molecule has 0 aliphatic heterocycles. The number of carbonyl (C=O) groups excluding carboxylic acids is 2. The molecule has 4 nitrogen and oxygen atoms in total. The lowest BCUT2D eigenvalue weighted by atomic mass is 10.1. The zero-order valence-corrected chi connectivity index (χ0v) is 12.4. The van der Waals surface area contributed by atoms with Gasteiger partial charge in [0.2, 0.25) is 5.91 Å². The highest BCUT2D eigenvalue weighted by atomic mass is 32.2. The van der Waals surface area contributed by atoms with Crippen LogP contribution in [-0.2, 0) is 4.79 Å². The molecule has 1 rings (SSSR count). The number of benzene rings is 1. The van der Waals surface area contributed by atoms with Crippen molar-refractivity contribution in [2.75, 3.05) is 19.3 Å². The average Bonchev–Trinajstić information content (AvgIpc) is 2.37. The number of nitrogens with zero attached hydrogens (tertiary/aromatic N) is 1. The van der Waals surface area contributed by atoms with Gasteiger partial charge in [0.1, 0.15) is 0 Å². The lowest BCUT2D eigenvalue weighted by molar-refractivity contribution is -0.119. The predicted molar refractivity (Wildman–Crippen MR) is 78.5 cm³/mol. The fraction of sp³-hybridized carbons (Fsp3) is 0.429. The molecule has 0 aliphatic rings. The van der Waals surface area contributed by atoms with Gasteiger partial charge in [0.25, 0.3) is 0 Å². The lowest BCUT2D eigenvalue weighted by Crippen LogP contribution is -2.41. The Bertz CT molecular complexity index is 443. The van der Waals surface area contributed by atoms with Gasteiger partial charge >= 0.3 is 0 Å². The van der Waals surface area contributed by atoms with Crippen molar-refractivity contribution < 1.29 is 9.59 Å². The molecule has 1 amide bonds. The number of rotatable bonds is 7. The van der Waals surface area contributed by atoms with E-state index in [-0.39, 0.29) is 24.9 Å². The molecule has 0 atom stereocenters. The van der Waals surface area contributed by atoms with E-state index in [1.165, 1.54) is 0 Å². The van der Waals surface area contributed by atoms with Crippen molar-refractivity contribution in [2.24, 2.45) is 5.73 Å². The second kappa shape index (κ2) is 7.31. The Morgan fingerprint density at radius 3 is 2.21 bits per heavy atom. The molecule has 5 heteroatoms. The van der Waals surface area contributed by atoms with Gasteiger partial charge in [-0.1, -0.05) is 12.1 Å². The van der Waals surface area contributed by atoms with Crippen LogP contribution in [0.2, 0.25) is 0 Å². The zero-order chi connectivity index (χ0) is 14.4. The average molecular weight is 280 g/mol. The van der Waals surface area contributed by atoms with E-state index in [0.717, 1.165) is 4.90 Å². The van der Waals surface area contributed by atoms with Gasteiger partial charge in [-0.25, -0.2) is 0 Å². The van der Waals surface area contributed by atoms with Crippen LogP contribution in [-0.4, -0.2) is 42.0 Å². The van der Waals surface area contributed by atoms with Gasteiger partial charge in [0.05, 0.1) is 13.1 Å². The molecule has 0 heterocycles. The largest absolute Gasteiger partial charge is 0.369 e. The number of primary amides is 1. The molecule has 0 radical (unpaired) electrons. The third-order valence-electron chi connectivity index (χ3n) is 2.85. The van der Waals surface area contributed by atoms with Gasteiger partial charge in [-0.05, 0) is 32.2 Å². The first-order valence-electron chi connectivity index (χ1n) is 6.13. The molecule has 2 N–H and O–H groups in total. The molecule has 0 spiro atoms. The third kappa shape index (κ3) is 5.04. The van der Waals surface area contributed by atoms with Crippen molar-refractivity contribution in [3.8, 4) is 0 Å². The summed E-state index contributed by atoms with van der Waals surface area (Å²) in [6.45, 7) is 4.19. The summed E-state index contributed by atoms with van der Waals surface area (Å²) in [5, 5.41) is 0. The topological polar surface area (TPSA) is 63.4 Å².